The number of thiazole rings is 1. The Morgan fingerprint density at radius 2 is 1.62 bits per heavy atom. The van der Waals surface area contributed by atoms with Gasteiger partial charge in [-0.3, -0.25) is 9.36 Å². The predicted octanol–water partition coefficient (Wildman–Crippen LogP) is 7.89. The number of nitrogens with zero attached hydrogens (tertiary/aromatic N) is 2. The fourth-order valence-electron chi connectivity index (χ4n) is 5.36. The van der Waals surface area contributed by atoms with Crippen molar-refractivity contribution >= 4 is 90.2 Å². The van der Waals surface area contributed by atoms with E-state index in [9.17, 15) is 9.59 Å². The van der Waals surface area contributed by atoms with Crippen LogP contribution in [-0.2, 0) is 16.1 Å². The molecule has 244 valence electrons. The number of carbonyl (C=O) groups excluding carboxylic acids is 1. The summed E-state index contributed by atoms with van der Waals surface area (Å²) in [6.45, 7) is 4.84. The summed E-state index contributed by atoms with van der Waals surface area (Å²) in [5.41, 5.74) is 3.97. The van der Waals surface area contributed by atoms with Gasteiger partial charge in [0.2, 0.25) is 0 Å². The lowest BCUT2D eigenvalue weighted by molar-refractivity contribution is -0.138. The van der Waals surface area contributed by atoms with E-state index in [1.165, 1.54) is 11.3 Å². The van der Waals surface area contributed by atoms with Gasteiger partial charge in [-0.05, 0) is 118 Å². The van der Waals surface area contributed by atoms with Crippen LogP contribution in [-0.4, -0.2) is 23.8 Å². The maximum atomic E-state index is 14.3. The second kappa shape index (κ2) is 15.5. The highest BCUT2D eigenvalue weighted by Crippen LogP contribution is 2.36. The van der Waals surface area contributed by atoms with Crippen LogP contribution >= 0.6 is 72.4 Å². The summed E-state index contributed by atoms with van der Waals surface area (Å²) in [6.07, 6.45) is 1.87. The maximum absolute atomic E-state index is 14.3. The number of carbonyl (C=O) groups is 1. The van der Waals surface area contributed by atoms with Crippen LogP contribution in [0.25, 0.3) is 11.8 Å². The second-order valence-electron chi connectivity index (χ2n) is 10.7. The smallest absolute Gasteiger partial charge is 0.338 e. The van der Waals surface area contributed by atoms with E-state index in [0.717, 1.165) is 39.6 Å². The summed E-state index contributed by atoms with van der Waals surface area (Å²) >= 11 is 9.31. The second-order valence-corrected chi connectivity index (χ2v) is 14.9. The lowest BCUT2D eigenvalue weighted by Gasteiger charge is -2.26. The van der Waals surface area contributed by atoms with Crippen molar-refractivity contribution < 1.29 is 19.0 Å². The molecule has 11 heteroatoms. The van der Waals surface area contributed by atoms with Crippen LogP contribution in [0, 0.1) is 7.14 Å². The molecule has 2 heterocycles. The van der Waals surface area contributed by atoms with Gasteiger partial charge >= 0.3 is 5.97 Å². The van der Waals surface area contributed by atoms with Crippen molar-refractivity contribution in [2.24, 2.45) is 4.99 Å². The molecule has 4 aromatic carbocycles. The summed E-state index contributed by atoms with van der Waals surface area (Å²) in [7, 11) is 0. The SMILES string of the molecule is CCOC(=O)C1=C(c2ccccc2)N=c2s/c(=C\c3cc(I)c(OCc4ccc(Br)cc4)c(I)c3)c(=O)n2[C@@H]1c1ccc(OCC)cc1. The van der Waals surface area contributed by atoms with Gasteiger partial charge in [0.15, 0.2) is 4.80 Å². The minimum absolute atomic E-state index is 0.185. The van der Waals surface area contributed by atoms with Crippen molar-refractivity contribution in [3.05, 3.63) is 150 Å². The molecule has 0 saturated carbocycles. The van der Waals surface area contributed by atoms with E-state index >= 15 is 0 Å². The maximum Gasteiger partial charge on any atom is 0.338 e. The van der Waals surface area contributed by atoms with Crippen LogP contribution in [0.4, 0.5) is 0 Å². The molecule has 7 nitrogen and oxygen atoms in total. The Balaban J connectivity index is 1.47. The first-order valence-electron chi connectivity index (χ1n) is 15.1. The Hall–Kier alpha value is -3.27. The molecule has 0 unspecified atom stereocenters. The zero-order valence-corrected chi connectivity index (χ0v) is 32.6. The van der Waals surface area contributed by atoms with Gasteiger partial charge in [0.1, 0.15) is 18.1 Å². The monoisotopic (exact) mass is 946 g/mol. The summed E-state index contributed by atoms with van der Waals surface area (Å²) in [6, 6.07) is 28.3. The highest BCUT2D eigenvalue weighted by Gasteiger charge is 2.35. The molecule has 0 saturated heterocycles. The molecule has 1 aromatic heterocycles. The number of rotatable bonds is 10. The molecule has 0 fully saturated rings. The normalized spacial score (nSPS) is 14.4. The molecule has 6 rings (SSSR count). The van der Waals surface area contributed by atoms with Gasteiger partial charge in [-0.15, -0.1) is 0 Å². The number of hydrogen-bond donors (Lipinski definition) is 0. The molecular formula is C37H29BrI2N2O5S. The van der Waals surface area contributed by atoms with Crippen molar-refractivity contribution in [2.75, 3.05) is 13.2 Å². The van der Waals surface area contributed by atoms with Crippen molar-refractivity contribution in [1.82, 2.24) is 4.57 Å². The summed E-state index contributed by atoms with van der Waals surface area (Å²) < 4.78 is 22.4. The van der Waals surface area contributed by atoms with E-state index < -0.39 is 12.0 Å². The van der Waals surface area contributed by atoms with Crippen LogP contribution < -0.4 is 24.4 Å². The fraction of sp³-hybridized carbons (Fsp3) is 0.162. The van der Waals surface area contributed by atoms with Crippen LogP contribution in [0.5, 0.6) is 11.5 Å². The standard InChI is InChI=1S/C37H29BrI2N2O5S/c1-3-45-27-16-12-25(13-17-27)33-31(36(44)46-4-2)32(24-8-6-5-7-9-24)41-37-42(33)35(43)30(48-37)20-23-18-28(39)34(29(40)19-23)47-21-22-10-14-26(38)15-11-22/h5-20,33H,3-4,21H2,1-2H3/b30-20-/t33-/m1/s1. The minimum Gasteiger partial charge on any atom is -0.494 e. The number of fused-ring (bicyclic) bond motifs is 1. The number of hydrogen-bond acceptors (Lipinski definition) is 7. The summed E-state index contributed by atoms with van der Waals surface area (Å²) in [5.74, 6) is 0.975. The van der Waals surface area contributed by atoms with Crippen LogP contribution in [0.2, 0.25) is 0 Å². The first-order chi connectivity index (χ1) is 23.3. The average molecular weight is 947 g/mol. The third kappa shape index (κ3) is 7.48. The lowest BCUT2D eigenvalue weighted by atomic mass is 9.93. The molecule has 1 aliphatic heterocycles. The van der Waals surface area contributed by atoms with E-state index in [4.69, 9.17) is 19.2 Å². The van der Waals surface area contributed by atoms with E-state index in [1.54, 1.807) is 11.5 Å². The number of esters is 1. The highest BCUT2D eigenvalue weighted by atomic mass is 127. The molecule has 0 radical (unpaired) electrons. The number of halogens is 3. The van der Waals surface area contributed by atoms with Gasteiger partial charge in [-0.25, -0.2) is 9.79 Å². The van der Waals surface area contributed by atoms with Crippen LogP contribution in [0.15, 0.2) is 111 Å². The molecule has 1 atom stereocenters. The van der Waals surface area contributed by atoms with Gasteiger partial charge in [0.25, 0.3) is 5.56 Å². The molecular weight excluding hydrogens is 918 g/mol. The van der Waals surface area contributed by atoms with Crippen molar-refractivity contribution in [3.63, 3.8) is 0 Å². The molecule has 0 bridgehead atoms. The highest BCUT2D eigenvalue weighted by molar-refractivity contribution is 14.1. The Morgan fingerprint density at radius 1 is 0.938 bits per heavy atom. The summed E-state index contributed by atoms with van der Waals surface area (Å²) in [4.78, 5) is 33.5. The Labute approximate surface area is 317 Å². The zero-order valence-electron chi connectivity index (χ0n) is 25.9. The molecule has 0 spiro atoms. The number of aromatic nitrogens is 1. The van der Waals surface area contributed by atoms with E-state index in [2.05, 4.69) is 61.1 Å². The number of benzene rings is 4. The average Bonchev–Trinajstić information content (AvgIpc) is 3.39. The first kappa shape index (κ1) is 34.6. The van der Waals surface area contributed by atoms with Crippen molar-refractivity contribution in [3.8, 4) is 11.5 Å². The molecule has 0 N–H and O–H groups in total. The Bertz CT molecular complexity index is 2160. The molecule has 0 amide bonds. The van der Waals surface area contributed by atoms with Crippen LogP contribution in [0.1, 0.15) is 42.1 Å². The topological polar surface area (TPSA) is 79.1 Å². The third-order valence-corrected chi connectivity index (χ3v) is 10.6. The molecule has 5 aromatic rings. The molecule has 1 aliphatic rings. The predicted molar refractivity (Wildman–Crippen MR) is 209 cm³/mol. The van der Waals surface area contributed by atoms with Gasteiger partial charge in [0, 0.05) is 10.0 Å². The first-order valence-corrected chi connectivity index (χ1v) is 18.9. The minimum atomic E-state index is -0.761. The summed E-state index contributed by atoms with van der Waals surface area (Å²) in [5, 5.41) is 0. The largest absolute Gasteiger partial charge is 0.494 e. The lowest BCUT2D eigenvalue weighted by Crippen LogP contribution is -2.40. The van der Waals surface area contributed by atoms with E-state index in [1.807, 2.05) is 104 Å². The van der Waals surface area contributed by atoms with E-state index in [-0.39, 0.29) is 12.2 Å². The van der Waals surface area contributed by atoms with Gasteiger partial charge < -0.3 is 14.2 Å². The molecule has 0 aliphatic carbocycles. The van der Waals surface area contributed by atoms with Gasteiger partial charge in [0.05, 0.1) is 42.2 Å². The van der Waals surface area contributed by atoms with Crippen molar-refractivity contribution in [2.45, 2.75) is 26.5 Å². The Kier molecular flexibility index (Phi) is 11.2. The molecule has 48 heavy (non-hydrogen) atoms. The number of ether oxygens (including phenoxy) is 3. The zero-order chi connectivity index (χ0) is 33.8. The third-order valence-electron chi connectivity index (χ3n) is 7.50. The fourth-order valence-corrected chi connectivity index (χ4v) is 8.75. The van der Waals surface area contributed by atoms with Gasteiger partial charge in [-0.1, -0.05) is 81.9 Å². The van der Waals surface area contributed by atoms with Gasteiger partial charge in [-0.2, -0.15) is 0 Å². The van der Waals surface area contributed by atoms with Crippen LogP contribution in [0.3, 0.4) is 0 Å². The van der Waals surface area contributed by atoms with Crippen molar-refractivity contribution in [1.29, 1.82) is 0 Å². The quantitative estimate of drug-likeness (QED) is 0.105. The van der Waals surface area contributed by atoms with E-state index in [0.29, 0.717) is 39.6 Å². The Morgan fingerprint density at radius 3 is 2.27 bits per heavy atom.